The van der Waals surface area contributed by atoms with E-state index >= 15 is 0 Å². The molecule has 70 valence electrons. The van der Waals surface area contributed by atoms with Crippen LogP contribution in [0.2, 0.25) is 0 Å². The van der Waals surface area contributed by atoms with E-state index in [1.807, 2.05) is 37.3 Å². The topological polar surface area (TPSA) is 26.3 Å². The molecule has 0 saturated heterocycles. The fourth-order valence-electron chi connectivity index (χ4n) is 0.942. The minimum Gasteiger partial charge on any atom is -0.466 e. The lowest BCUT2D eigenvalue weighted by atomic mass is 10.4. The zero-order valence-electron chi connectivity index (χ0n) is 7.62. The number of carbonyl (C=O) groups is 1. The number of hydrogen-bond donors (Lipinski definition) is 0. The number of benzene rings is 1. The molecule has 0 N–H and O–H groups in total. The summed E-state index contributed by atoms with van der Waals surface area (Å²) >= 11 is 0. The first-order valence-electron chi connectivity index (χ1n) is 4.27. The molecule has 0 radical (unpaired) electrons. The number of rotatable bonds is 4. The van der Waals surface area contributed by atoms with E-state index in [1.165, 1.54) is 5.30 Å². The van der Waals surface area contributed by atoms with Crippen LogP contribution in [0, 0.1) is 0 Å². The quantitative estimate of drug-likeness (QED) is 0.539. The molecule has 1 unspecified atom stereocenters. The van der Waals surface area contributed by atoms with Gasteiger partial charge in [0.25, 0.3) is 0 Å². The Bertz CT molecular complexity index is 259. The first-order valence-corrected chi connectivity index (χ1v) is 5.48. The van der Waals surface area contributed by atoms with Crippen molar-refractivity contribution in [2.45, 2.75) is 6.92 Å². The van der Waals surface area contributed by atoms with E-state index in [-0.39, 0.29) is 5.97 Å². The highest BCUT2D eigenvalue weighted by Crippen LogP contribution is 2.09. The predicted octanol–water partition coefficient (Wildman–Crippen LogP) is 1.55. The van der Waals surface area contributed by atoms with Crippen LogP contribution in [0.15, 0.2) is 30.3 Å². The molecular formula is C10H13O2P. The molecule has 3 heteroatoms. The summed E-state index contributed by atoms with van der Waals surface area (Å²) < 4.78 is 4.83. The molecule has 0 aliphatic rings. The van der Waals surface area contributed by atoms with E-state index in [0.717, 1.165) is 0 Å². The summed E-state index contributed by atoms with van der Waals surface area (Å²) in [6.07, 6.45) is 0.498. The number of esters is 1. The van der Waals surface area contributed by atoms with Gasteiger partial charge in [0, 0.05) is 0 Å². The van der Waals surface area contributed by atoms with Crippen molar-refractivity contribution in [1.82, 2.24) is 0 Å². The van der Waals surface area contributed by atoms with Gasteiger partial charge in [-0.25, -0.2) is 0 Å². The third-order valence-corrected chi connectivity index (χ3v) is 2.72. The predicted molar refractivity (Wildman–Crippen MR) is 55.9 cm³/mol. The molecule has 13 heavy (non-hydrogen) atoms. The van der Waals surface area contributed by atoms with Gasteiger partial charge in [0.15, 0.2) is 0 Å². The molecule has 0 aliphatic heterocycles. The third-order valence-electron chi connectivity index (χ3n) is 1.52. The highest BCUT2D eigenvalue weighted by Gasteiger charge is 2.00. The van der Waals surface area contributed by atoms with Crippen LogP contribution in [0.3, 0.4) is 0 Å². The van der Waals surface area contributed by atoms with Crippen molar-refractivity contribution >= 4 is 19.9 Å². The molecule has 1 aromatic rings. The Labute approximate surface area is 80.1 Å². The van der Waals surface area contributed by atoms with Gasteiger partial charge in [-0.15, -0.1) is 0 Å². The summed E-state index contributed by atoms with van der Waals surface area (Å²) in [6, 6.07) is 9.98. The molecule has 1 rings (SSSR count). The van der Waals surface area contributed by atoms with Gasteiger partial charge in [0.05, 0.1) is 12.8 Å². The van der Waals surface area contributed by atoms with Crippen LogP contribution in [-0.4, -0.2) is 18.7 Å². The molecule has 0 amide bonds. The Kier molecular flexibility index (Phi) is 4.48. The zero-order chi connectivity index (χ0) is 9.52. The maximum absolute atomic E-state index is 11.0. The summed E-state index contributed by atoms with van der Waals surface area (Å²) in [5.41, 5.74) is 0. The van der Waals surface area contributed by atoms with Gasteiger partial charge in [-0.2, -0.15) is 0 Å². The average Bonchev–Trinajstić information content (AvgIpc) is 2.17. The summed E-state index contributed by atoms with van der Waals surface area (Å²) in [5.74, 6) is -0.107. The highest BCUT2D eigenvalue weighted by molar-refractivity contribution is 7.48. The van der Waals surface area contributed by atoms with Gasteiger partial charge in [0.2, 0.25) is 0 Å². The number of carbonyl (C=O) groups excluding carboxylic acids is 1. The molecule has 2 nitrogen and oxygen atoms in total. The van der Waals surface area contributed by atoms with Crippen molar-refractivity contribution in [2.75, 3.05) is 12.8 Å². The van der Waals surface area contributed by atoms with Gasteiger partial charge >= 0.3 is 5.97 Å². The fourth-order valence-corrected chi connectivity index (χ4v) is 1.82. The van der Waals surface area contributed by atoms with E-state index in [2.05, 4.69) is 0 Å². The van der Waals surface area contributed by atoms with Crippen molar-refractivity contribution in [3.8, 4) is 0 Å². The second-order valence-corrected chi connectivity index (χ2v) is 3.81. The largest absolute Gasteiger partial charge is 0.466 e. The Morgan fingerprint density at radius 2 is 2.08 bits per heavy atom. The van der Waals surface area contributed by atoms with Crippen molar-refractivity contribution in [1.29, 1.82) is 0 Å². The van der Waals surface area contributed by atoms with Crippen LogP contribution in [0.1, 0.15) is 6.92 Å². The molecule has 0 aromatic heterocycles. The lowest BCUT2D eigenvalue weighted by Gasteiger charge is -2.01. The maximum atomic E-state index is 11.0. The van der Waals surface area contributed by atoms with E-state index in [0.29, 0.717) is 21.3 Å². The SMILES string of the molecule is CCOC(=O)CPc1ccccc1. The lowest BCUT2D eigenvalue weighted by molar-refractivity contribution is -0.139. The molecule has 1 aromatic carbocycles. The van der Waals surface area contributed by atoms with E-state index in [1.54, 1.807) is 0 Å². The van der Waals surface area contributed by atoms with Crippen LogP contribution >= 0.6 is 8.58 Å². The molecule has 0 spiro atoms. The van der Waals surface area contributed by atoms with Crippen molar-refractivity contribution in [3.05, 3.63) is 30.3 Å². The molecule has 0 aliphatic carbocycles. The Morgan fingerprint density at radius 3 is 2.69 bits per heavy atom. The molecule has 1 atom stereocenters. The molecule has 0 saturated carbocycles. The van der Waals surface area contributed by atoms with Crippen LogP contribution in [-0.2, 0) is 9.53 Å². The van der Waals surface area contributed by atoms with Crippen molar-refractivity contribution in [2.24, 2.45) is 0 Å². The second kappa shape index (κ2) is 5.71. The maximum Gasteiger partial charge on any atom is 0.310 e. The van der Waals surface area contributed by atoms with Crippen LogP contribution in [0.4, 0.5) is 0 Å². The molecular weight excluding hydrogens is 183 g/mol. The van der Waals surface area contributed by atoms with E-state index < -0.39 is 0 Å². The van der Waals surface area contributed by atoms with Crippen molar-refractivity contribution < 1.29 is 9.53 Å². The highest BCUT2D eigenvalue weighted by atomic mass is 31.1. The summed E-state index contributed by atoms with van der Waals surface area (Å²) in [7, 11) is 0.520. The first-order chi connectivity index (χ1) is 6.33. The summed E-state index contributed by atoms with van der Waals surface area (Å²) in [5, 5.41) is 1.20. The summed E-state index contributed by atoms with van der Waals surface area (Å²) in [6.45, 7) is 2.29. The van der Waals surface area contributed by atoms with Crippen molar-refractivity contribution in [3.63, 3.8) is 0 Å². The van der Waals surface area contributed by atoms with Gasteiger partial charge in [0.1, 0.15) is 0 Å². The summed E-state index contributed by atoms with van der Waals surface area (Å²) in [4.78, 5) is 11.0. The van der Waals surface area contributed by atoms with Gasteiger partial charge in [-0.1, -0.05) is 38.9 Å². The second-order valence-electron chi connectivity index (χ2n) is 2.52. The van der Waals surface area contributed by atoms with Gasteiger partial charge in [-0.3, -0.25) is 4.79 Å². The number of hydrogen-bond acceptors (Lipinski definition) is 2. The Balaban J connectivity index is 2.31. The lowest BCUT2D eigenvalue weighted by Crippen LogP contribution is -2.08. The fraction of sp³-hybridized carbons (Fsp3) is 0.300. The van der Waals surface area contributed by atoms with E-state index in [4.69, 9.17) is 4.74 Å². The minimum absolute atomic E-state index is 0.107. The van der Waals surface area contributed by atoms with E-state index in [9.17, 15) is 4.79 Å². The molecule has 0 heterocycles. The van der Waals surface area contributed by atoms with Gasteiger partial charge < -0.3 is 4.74 Å². The smallest absolute Gasteiger partial charge is 0.310 e. The first kappa shape index (κ1) is 10.2. The Morgan fingerprint density at radius 1 is 1.38 bits per heavy atom. The van der Waals surface area contributed by atoms with Crippen LogP contribution < -0.4 is 5.30 Å². The minimum atomic E-state index is -0.107. The third kappa shape index (κ3) is 4.05. The molecule has 0 fully saturated rings. The Hall–Kier alpha value is -0.880. The number of ether oxygens (including phenoxy) is 1. The standard InChI is InChI=1S/C10H13O2P/c1-2-12-10(11)8-13-9-6-4-3-5-7-9/h3-7,13H,2,8H2,1H3. The van der Waals surface area contributed by atoms with Gasteiger partial charge in [-0.05, 0) is 12.2 Å². The van der Waals surface area contributed by atoms with Crippen LogP contribution in [0.5, 0.6) is 0 Å². The monoisotopic (exact) mass is 196 g/mol. The average molecular weight is 196 g/mol. The normalized spacial score (nSPS) is 10.5. The molecule has 0 bridgehead atoms. The zero-order valence-corrected chi connectivity index (χ0v) is 8.62. The van der Waals surface area contributed by atoms with Crippen LogP contribution in [0.25, 0.3) is 0 Å².